The van der Waals surface area contributed by atoms with E-state index in [-0.39, 0.29) is 6.10 Å². The van der Waals surface area contributed by atoms with Gasteiger partial charge in [-0.15, -0.1) is 0 Å². The molecule has 78 valence electrons. The molecule has 0 aliphatic carbocycles. The molecule has 1 saturated heterocycles. The maximum atomic E-state index is 9.28. The standard InChI is InChI=1S/C10H21NO2/c12-9-3-1-2-6-11-7-4-10(13)5-8-11/h10,12-13H,1-9H2. The van der Waals surface area contributed by atoms with Gasteiger partial charge >= 0.3 is 0 Å². The average molecular weight is 187 g/mol. The molecule has 0 atom stereocenters. The van der Waals surface area contributed by atoms with Gasteiger partial charge in [0.05, 0.1) is 6.10 Å². The Labute approximate surface area is 80.4 Å². The van der Waals surface area contributed by atoms with Crippen molar-refractivity contribution in [3.8, 4) is 0 Å². The van der Waals surface area contributed by atoms with Crippen LogP contribution in [0.25, 0.3) is 0 Å². The highest BCUT2D eigenvalue weighted by Gasteiger charge is 2.15. The van der Waals surface area contributed by atoms with Crippen molar-refractivity contribution in [1.29, 1.82) is 0 Å². The molecule has 13 heavy (non-hydrogen) atoms. The third kappa shape index (κ3) is 4.60. The van der Waals surface area contributed by atoms with Gasteiger partial charge in [-0.05, 0) is 38.6 Å². The molecule has 1 rings (SSSR count). The number of aliphatic hydroxyl groups is 2. The first-order chi connectivity index (χ1) is 6.33. The summed E-state index contributed by atoms with van der Waals surface area (Å²) >= 11 is 0. The molecule has 0 aromatic rings. The number of aliphatic hydroxyl groups excluding tert-OH is 2. The van der Waals surface area contributed by atoms with Crippen LogP contribution in [0.1, 0.15) is 32.1 Å². The van der Waals surface area contributed by atoms with Crippen LogP contribution >= 0.6 is 0 Å². The Kier molecular flexibility index (Phi) is 5.35. The molecule has 0 radical (unpaired) electrons. The highest BCUT2D eigenvalue weighted by atomic mass is 16.3. The van der Waals surface area contributed by atoms with Gasteiger partial charge in [0.15, 0.2) is 0 Å². The number of rotatable bonds is 5. The normalized spacial score (nSPS) is 20.8. The van der Waals surface area contributed by atoms with Crippen LogP contribution in [0, 0.1) is 0 Å². The SMILES string of the molecule is OCCCCCN1CCC(O)CC1. The third-order valence-corrected chi connectivity index (χ3v) is 2.69. The molecule has 0 unspecified atom stereocenters. The van der Waals surface area contributed by atoms with Crippen LogP contribution in [0.4, 0.5) is 0 Å². The predicted molar refractivity (Wildman–Crippen MR) is 52.6 cm³/mol. The summed E-state index contributed by atoms with van der Waals surface area (Å²) in [7, 11) is 0. The lowest BCUT2D eigenvalue weighted by molar-refractivity contribution is 0.0816. The van der Waals surface area contributed by atoms with E-state index in [0.717, 1.165) is 45.3 Å². The largest absolute Gasteiger partial charge is 0.396 e. The number of nitrogens with zero attached hydrogens (tertiary/aromatic N) is 1. The first-order valence-corrected chi connectivity index (χ1v) is 5.34. The number of hydrogen-bond donors (Lipinski definition) is 2. The molecular formula is C10H21NO2. The van der Waals surface area contributed by atoms with Gasteiger partial charge in [-0.3, -0.25) is 0 Å². The van der Waals surface area contributed by atoms with Gasteiger partial charge in [0.1, 0.15) is 0 Å². The van der Waals surface area contributed by atoms with Gasteiger partial charge in [-0.2, -0.15) is 0 Å². The summed E-state index contributed by atoms with van der Waals surface area (Å²) in [6, 6.07) is 0. The van der Waals surface area contributed by atoms with Crippen molar-refractivity contribution in [2.45, 2.75) is 38.2 Å². The van der Waals surface area contributed by atoms with Crippen molar-refractivity contribution < 1.29 is 10.2 Å². The van der Waals surface area contributed by atoms with Crippen molar-refractivity contribution in [2.75, 3.05) is 26.2 Å². The van der Waals surface area contributed by atoms with Gasteiger partial charge in [0.2, 0.25) is 0 Å². The first kappa shape index (κ1) is 11.0. The Balaban J connectivity index is 1.96. The minimum absolute atomic E-state index is 0.0614. The molecule has 3 heteroatoms. The zero-order chi connectivity index (χ0) is 9.52. The summed E-state index contributed by atoms with van der Waals surface area (Å²) in [5.41, 5.74) is 0. The van der Waals surface area contributed by atoms with Gasteiger partial charge < -0.3 is 15.1 Å². The van der Waals surface area contributed by atoms with E-state index < -0.39 is 0 Å². The van der Waals surface area contributed by atoms with Gasteiger partial charge in [-0.1, -0.05) is 0 Å². The molecule has 0 saturated carbocycles. The fourth-order valence-electron chi connectivity index (χ4n) is 1.77. The Bertz CT molecular complexity index is 122. The average Bonchev–Trinajstić information content (AvgIpc) is 2.15. The number of piperidine rings is 1. The van der Waals surface area contributed by atoms with Crippen LogP contribution in [0.15, 0.2) is 0 Å². The summed E-state index contributed by atoms with van der Waals surface area (Å²) in [5.74, 6) is 0. The summed E-state index contributed by atoms with van der Waals surface area (Å²) in [4.78, 5) is 2.41. The second kappa shape index (κ2) is 6.35. The van der Waals surface area contributed by atoms with E-state index in [1.165, 1.54) is 6.42 Å². The fraction of sp³-hybridized carbons (Fsp3) is 1.00. The summed E-state index contributed by atoms with van der Waals surface area (Å²) in [6.45, 7) is 3.53. The molecular weight excluding hydrogens is 166 g/mol. The number of unbranched alkanes of at least 4 members (excludes halogenated alkanes) is 2. The molecule has 1 aliphatic heterocycles. The minimum atomic E-state index is -0.0614. The van der Waals surface area contributed by atoms with Crippen molar-refractivity contribution in [1.82, 2.24) is 4.90 Å². The van der Waals surface area contributed by atoms with Crippen molar-refractivity contribution in [2.24, 2.45) is 0 Å². The van der Waals surface area contributed by atoms with Crippen LogP contribution in [-0.2, 0) is 0 Å². The third-order valence-electron chi connectivity index (χ3n) is 2.69. The molecule has 0 bridgehead atoms. The lowest BCUT2D eigenvalue weighted by atomic mass is 10.1. The molecule has 0 amide bonds. The van der Waals surface area contributed by atoms with E-state index in [1.807, 2.05) is 0 Å². The summed E-state index contributed by atoms with van der Waals surface area (Å²) in [6.07, 6.45) is 5.02. The molecule has 0 aromatic heterocycles. The van der Waals surface area contributed by atoms with Crippen LogP contribution in [-0.4, -0.2) is 47.5 Å². The predicted octanol–water partition coefficient (Wildman–Crippen LogP) is 0.606. The Hall–Kier alpha value is -0.120. The zero-order valence-corrected chi connectivity index (χ0v) is 8.28. The minimum Gasteiger partial charge on any atom is -0.396 e. The van der Waals surface area contributed by atoms with E-state index in [4.69, 9.17) is 5.11 Å². The van der Waals surface area contributed by atoms with Gasteiger partial charge in [0, 0.05) is 19.7 Å². The maximum Gasteiger partial charge on any atom is 0.0564 e. The van der Waals surface area contributed by atoms with Crippen molar-refractivity contribution in [3.05, 3.63) is 0 Å². The summed E-state index contributed by atoms with van der Waals surface area (Å²) < 4.78 is 0. The second-order valence-corrected chi connectivity index (χ2v) is 3.86. The van der Waals surface area contributed by atoms with E-state index >= 15 is 0 Å². The molecule has 0 aromatic carbocycles. The lowest BCUT2D eigenvalue weighted by Crippen LogP contribution is -2.36. The van der Waals surface area contributed by atoms with Crippen molar-refractivity contribution >= 4 is 0 Å². The highest BCUT2D eigenvalue weighted by Crippen LogP contribution is 2.10. The Morgan fingerprint density at radius 2 is 1.77 bits per heavy atom. The van der Waals surface area contributed by atoms with Crippen LogP contribution in [0.5, 0.6) is 0 Å². The highest BCUT2D eigenvalue weighted by molar-refractivity contribution is 4.70. The first-order valence-electron chi connectivity index (χ1n) is 5.34. The van der Waals surface area contributed by atoms with E-state index in [0.29, 0.717) is 6.61 Å². The Morgan fingerprint density at radius 1 is 1.08 bits per heavy atom. The fourth-order valence-corrected chi connectivity index (χ4v) is 1.77. The molecule has 1 fully saturated rings. The van der Waals surface area contributed by atoms with Gasteiger partial charge in [0.25, 0.3) is 0 Å². The van der Waals surface area contributed by atoms with Crippen LogP contribution in [0.2, 0.25) is 0 Å². The van der Waals surface area contributed by atoms with Crippen LogP contribution in [0.3, 0.4) is 0 Å². The smallest absolute Gasteiger partial charge is 0.0564 e. The van der Waals surface area contributed by atoms with Gasteiger partial charge in [-0.25, -0.2) is 0 Å². The zero-order valence-electron chi connectivity index (χ0n) is 8.28. The number of likely N-dealkylation sites (tertiary alicyclic amines) is 1. The van der Waals surface area contributed by atoms with E-state index in [2.05, 4.69) is 4.90 Å². The Morgan fingerprint density at radius 3 is 2.38 bits per heavy atom. The lowest BCUT2D eigenvalue weighted by Gasteiger charge is -2.29. The molecule has 2 N–H and O–H groups in total. The molecule has 1 aliphatic rings. The van der Waals surface area contributed by atoms with E-state index in [9.17, 15) is 5.11 Å². The molecule has 0 spiro atoms. The molecule has 1 heterocycles. The van der Waals surface area contributed by atoms with E-state index in [1.54, 1.807) is 0 Å². The topological polar surface area (TPSA) is 43.7 Å². The number of hydrogen-bond acceptors (Lipinski definition) is 3. The molecule has 3 nitrogen and oxygen atoms in total. The van der Waals surface area contributed by atoms with Crippen molar-refractivity contribution in [3.63, 3.8) is 0 Å². The maximum absolute atomic E-state index is 9.28. The summed E-state index contributed by atoms with van der Waals surface area (Å²) in [5, 5.41) is 17.9. The van der Waals surface area contributed by atoms with Crippen LogP contribution < -0.4 is 0 Å². The monoisotopic (exact) mass is 187 g/mol. The quantitative estimate of drug-likeness (QED) is 0.620. The second-order valence-electron chi connectivity index (χ2n) is 3.86.